The van der Waals surface area contributed by atoms with Crippen molar-refractivity contribution in [2.75, 3.05) is 7.05 Å². The molecule has 0 amide bonds. The fourth-order valence-corrected chi connectivity index (χ4v) is 3.65. The minimum absolute atomic E-state index is 0.383. The van der Waals surface area contributed by atoms with Gasteiger partial charge >= 0.3 is 0 Å². The molecule has 4 heteroatoms. The number of hydrogen-bond donors (Lipinski definition) is 1. The Balaban J connectivity index is 2.18. The standard InChI is InChI=1S/C13H13BrINS/c1-16-12(10-7-13(15)17-8-10)6-9-4-2-3-5-11(9)14/h2-5,7-8,12,16H,6H2,1H3. The van der Waals surface area contributed by atoms with Gasteiger partial charge in [0.1, 0.15) is 0 Å². The third-order valence-corrected chi connectivity index (χ3v) is 5.30. The van der Waals surface area contributed by atoms with E-state index in [1.54, 1.807) is 11.3 Å². The van der Waals surface area contributed by atoms with E-state index in [9.17, 15) is 0 Å². The maximum atomic E-state index is 3.61. The summed E-state index contributed by atoms with van der Waals surface area (Å²) in [6.45, 7) is 0. The second kappa shape index (κ2) is 6.31. The summed E-state index contributed by atoms with van der Waals surface area (Å²) in [4.78, 5) is 0. The minimum Gasteiger partial charge on any atom is -0.313 e. The molecule has 0 saturated heterocycles. The van der Waals surface area contributed by atoms with Crippen LogP contribution in [0.2, 0.25) is 0 Å². The Hall–Kier alpha value is 0.0900. The number of nitrogens with one attached hydrogen (secondary N) is 1. The Bertz CT molecular complexity index is 498. The average Bonchev–Trinajstić information content (AvgIpc) is 2.75. The maximum absolute atomic E-state index is 3.61. The van der Waals surface area contributed by atoms with Crippen molar-refractivity contribution in [2.45, 2.75) is 12.5 Å². The molecular weight excluding hydrogens is 409 g/mol. The summed E-state index contributed by atoms with van der Waals surface area (Å²) in [6.07, 6.45) is 1.00. The molecule has 0 aliphatic heterocycles. The summed E-state index contributed by atoms with van der Waals surface area (Å²) in [6, 6.07) is 11.0. The Labute approximate surface area is 128 Å². The predicted molar refractivity (Wildman–Crippen MR) is 86.7 cm³/mol. The zero-order chi connectivity index (χ0) is 12.3. The van der Waals surface area contributed by atoms with Crippen molar-refractivity contribution in [1.82, 2.24) is 5.32 Å². The Morgan fingerprint density at radius 2 is 2.18 bits per heavy atom. The highest BCUT2D eigenvalue weighted by molar-refractivity contribution is 14.1. The van der Waals surface area contributed by atoms with Crippen molar-refractivity contribution < 1.29 is 0 Å². The molecule has 0 fully saturated rings. The lowest BCUT2D eigenvalue weighted by Gasteiger charge is -2.15. The van der Waals surface area contributed by atoms with Crippen molar-refractivity contribution in [3.05, 3.63) is 54.2 Å². The summed E-state index contributed by atoms with van der Waals surface area (Å²) in [5.74, 6) is 0. The van der Waals surface area contributed by atoms with E-state index in [-0.39, 0.29) is 0 Å². The molecule has 0 bridgehead atoms. The van der Waals surface area contributed by atoms with Crippen LogP contribution in [0.3, 0.4) is 0 Å². The van der Waals surface area contributed by atoms with Gasteiger partial charge in [-0.1, -0.05) is 34.1 Å². The predicted octanol–water partition coefficient (Wildman–Crippen LogP) is 4.62. The van der Waals surface area contributed by atoms with Gasteiger partial charge < -0.3 is 5.32 Å². The van der Waals surface area contributed by atoms with Crippen molar-refractivity contribution in [3.63, 3.8) is 0 Å². The Morgan fingerprint density at radius 3 is 2.76 bits per heavy atom. The van der Waals surface area contributed by atoms with Gasteiger partial charge in [-0.05, 0) is 64.7 Å². The Kier molecular flexibility index (Phi) is 5.02. The summed E-state index contributed by atoms with van der Waals surface area (Å²) in [5, 5.41) is 5.63. The average molecular weight is 422 g/mol. The van der Waals surface area contributed by atoms with E-state index >= 15 is 0 Å². The third kappa shape index (κ3) is 3.53. The van der Waals surface area contributed by atoms with Gasteiger partial charge in [0.25, 0.3) is 0 Å². The molecule has 1 nitrogen and oxygen atoms in total. The van der Waals surface area contributed by atoms with Crippen LogP contribution in [-0.4, -0.2) is 7.05 Å². The topological polar surface area (TPSA) is 12.0 Å². The van der Waals surface area contributed by atoms with Gasteiger partial charge in [-0.15, -0.1) is 11.3 Å². The second-order valence-electron chi connectivity index (χ2n) is 3.82. The third-order valence-electron chi connectivity index (χ3n) is 2.72. The van der Waals surface area contributed by atoms with Crippen LogP contribution in [-0.2, 0) is 6.42 Å². The SMILES string of the molecule is CNC(Cc1ccccc1Br)c1csc(I)c1. The highest BCUT2D eigenvalue weighted by atomic mass is 127. The molecule has 1 N–H and O–H groups in total. The lowest BCUT2D eigenvalue weighted by Crippen LogP contribution is -2.18. The Morgan fingerprint density at radius 1 is 1.41 bits per heavy atom. The van der Waals surface area contributed by atoms with Gasteiger partial charge in [-0.3, -0.25) is 0 Å². The van der Waals surface area contributed by atoms with Crippen LogP contribution in [0.15, 0.2) is 40.2 Å². The van der Waals surface area contributed by atoms with E-state index < -0.39 is 0 Å². The van der Waals surface area contributed by atoms with E-state index in [0.29, 0.717) is 6.04 Å². The van der Waals surface area contributed by atoms with Crippen molar-refractivity contribution in [3.8, 4) is 0 Å². The lowest BCUT2D eigenvalue weighted by atomic mass is 10.0. The van der Waals surface area contributed by atoms with Crippen LogP contribution < -0.4 is 5.32 Å². The van der Waals surface area contributed by atoms with E-state index in [4.69, 9.17) is 0 Å². The molecular formula is C13H13BrINS. The normalized spacial score (nSPS) is 12.6. The molecule has 17 heavy (non-hydrogen) atoms. The van der Waals surface area contributed by atoms with Crippen LogP contribution in [0.4, 0.5) is 0 Å². The highest BCUT2D eigenvalue weighted by Gasteiger charge is 2.13. The van der Waals surface area contributed by atoms with E-state index in [1.807, 2.05) is 7.05 Å². The molecule has 1 atom stereocenters. The first kappa shape index (κ1) is 13.5. The van der Waals surface area contributed by atoms with E-state index in [0.717, 1.165) is 6.42 Å². The number of thiophene rings is 1. The molecule has 1 heterocycles. The van der Waals surface area contributed by atoms with Gasteiger partial charge in [0.15, 0.2) is 0 Å². The van der Waals surface area contributed by atoms with Gasteiger partial charge in [0, 0.05) is 10.5 Å². The minimum atomic E-state index is 0.383. The van der Waals surface area contributed by atoms with Crippen LogP contribution in [0.1, 0.15) is 17.2 Å². The van der Waals surface area contributed by atoms with Gasteiger partial charge in [-0.2, -0.15) is 0 Å². The monoisotopic (exact) mass is 421 g/mol. The van der Waals surface area contributed by atoms with Crippen LogP contribution in [0.5, 0.6) is 0 Å². The molecule has 90 valence electrons. The first-order chi connectivity index (χ1) is 8.20. The molecule has 0 aliphatic rings. The molecule has 0 spiro atoms. The number of halogens is 2. The first-order valence-corrected chi connectivity index (χ1v) is 8.10. The van der Waals surface area contributed by atoms with Crippen molar-refractivity contribution in [1.29, 1.82) is 0 Å². The van der Waals surface area contributed by atoms with Crippen LogP contribution in [0, 0.1) is 2.88 Å². The van der Waals surface area contributed by atoms with Gasteiger partial charge in [0.2, 0.25) is 0 Å². The fraction of sp³-hybridized carbons (Fsp3) is 0.231. The van der Waals surface area contributed by atoms with Crippen LogP contribution >= 0.6 is 49.9 Å². The molecule has 2 aromatic rings. The highest BCUT2D eigenvalue weighted by Crippen LogP contribution is 2.27. The molecule has 1 unspecified atom stereocenters. The van der Waals surface area contributed by atoms with Gasteiger partial charge in [0.05, 0.1) is 2.88 Å². The number of hydrogen-bond acceptors (Lipinski definition) is 2. The smallest absolute Gasteiger partial charge is 0.0656 e. The molecule has 1 aromatic heterocycles. The van der Waals surface area contributed by atoms with Crippen LogP contribution in [0.25, 0.3) is 0 Å². The zero-order valence-electron chi connectivity index (χ0n) is 9.41. The summed E-state index contributed by atoms with van der Waals surface area (Å²) < 4.78 is 2.52. The number of rotatable bonds is 4. The maximum Gasteiger partial charge on any atom is 0.0656 e. The van der Waals surface area contributed by atoms with Crippen molar-refractivity contribution >= 4 is 49.9 Å². The molecule has 1 aromatic carbocycles. The van der Waals surface area contributed by atoms with Crippen molar-refractivity contribution in [2.24, 2.45) is 0 Å². The quantitative estimate of drug-likeness (QED) is 0.710. The molecule has 0 aliphatic carbocycles. The summed E-state index contributed by atoms with van der Waals surface area (Å²) >= 11 is 7.77. The lowest BCUT2D eigenvalue weighted by molar-refractivity contribution is 0.593. The van der Waals surface area contributed by atoms with E-state index in [2.05, 4.69) is 79.5 Å². The molecule has 2 rings (SSSR count). The summed E-state index contributed by atoms with van der Waals surface area (Å²) in [5.41, 5.74) is 2.71. The summed E-state index contributed by atoms with van der Waals surface area (Å²) in [7, 11) is 2.02. The van der Waals surface area contributed by atoms with Gasteiger partial charge in [-0.25, -0.2) is 0 Å². The molecule has 0 saturated carbocycles. The molecule has 0 radical (unpaired) electrons. The fourth-order valence-electron chi connectivity index (χ4n) is 1.78. The second-order valence-corrected chi connectivity index (χ2v) is 7.48. The largest absolute Gasteiger partial charge is 0.313 e. The number of benzene rings is 1. The van der Waals surface area contributed by atoms with E-state index in [1.165, 1.54) is 18.5 Å². The first-order valence-electron chi connectivity index (χ1n) is 5.35. The zero-order valence-corrected chi connectivity index (χ0v) is 14.0. The number of likely N-dealkylation sites (N-methyl/N-ethyl adjacent to an activating group) is 1.